The maximum absolute atomic E-state index is 5.49. The number of hydrazine groups is 1. The number of rotatable bonds is 5. The van der Waals surface area contributed by atoms with Gasteiger partial charge in [-0.15, -0.1) is 0 Å². The Balaban J connectivity index is 1.76. The second-order valence-corrected chi connectivity index (χ2v) is 3.82. The van der Waals surface area contributed by atoms with E-state index in [0.717, 1.165) is 12.3 Å². The zero-order valence-corrected chi connectivity index (χ0v) is 8.65. The number of ether oxygens (including phenoxy) is 1. The van der Waals surface area contributed by atoms with E-state index in [1.165, 1.54) is 19.3 Å². The smallest absolute Gasteiger partial charge is 0.234 e. The first-order chi connectivity index (χ1) is 7.38. The van der Waals surface area contributed by atoms with Gasteiger partial charge < -0.3 is 10.2 Å². The molecule has 1 aromatic heterocycles. The van der Waals surface area contributed by atoms with Gasteiger partial charge in [0.2, 0.25) is 5.88 Å². The van der Waals surface area contributed by atoms with Crippen molar-refractivity contribution in [2.45, 2.75) is 25.7 Å². The van der Waals surface area contributed by atoms with Crippen LogP contribution in [0.3, 0.4) is 0 Å². The molecule has 2 rings (SSSR count). The minimum absolute atomic E-state index is 0.524. The van der Waals surface area contributed by atoms with Crippen molar-refractivity contribution in [3.63, 3.8) is 0 Å². The molecule has 0 atom stereocenters. The maximum Gasteiger partial charge on any atom is 0.234 e. The molecule has 0 aromatic carbocycles. The minimum atomic E-state index is 0.524. The highest BCUT2D eigenvalue weighted by atomic mass is 16.5. The number of aromatic nitrogens is 2. The first-order valence-corrected chi connectivity index (χ1v) is 5.30. The molecule has 0 amide bonds. The normalized spacial score (nSPS) is 15.8. The van der Waals surface area contributed by atoms with Crippen molar-refractivity contribution in [3.8, 4) is 5.88 Å². The van der Waals surface area contributed by atoms with Crippen LogP contribution in [0.15, 0.2) is 12.4 Å². The molecule has 5 nitrogen and oxygen atoms in total. The third-order valence-electron chi connectivity index (χ3n) is 2.76. The Hall–Kier alpha value is -1.36. The molecular formula is C10H16N4O. The van der Waals surface area contributed by atoms with Gasteiger partial charge in [0.15, 0.2) is 5.82 Å². The Bertz CT molecular complexity index is 314. The van der Waals surface area contributed by atoms with E-state index in [9.17, 15) is 0 Å². The summed E-state index contributed by atoms with van der Waals surface area (Å²) in [6, 6.07) is 0. The van der Waals surface area contributed by atoms with Gasteiger partial charge in [-0.2, -0.15) is 4.98 Å². The lowest BCUT2D eigenvalue weighted by Gasteiger charge is -2.24. The molecular weight excluding hydrogens is 192 g/mol. The van der Waals surface area contributed by atoms with Gasteiger partial charge in [0.1, 0.15) is 0 Å². The van der Waals surface area contributed by atoms with Gasteiger partial charge in [0.05, 0.1) is 19.0 Å². The molecule has 3 N–H and O–H groups in total. The number of nitrogens with one attached hydrogen (secondary N) is 1. The van der Waals surface area contributed by atoms with Crippen molar-refractivity contribution >= 4 is 5.82 Å². The Labute approximate surface area is 89.0 Å². The van der Waals surface area contributed by atoms with Crippen molar-refractivity contribution in [3.05, 3.63) is 12.4 Å². The number of hydrogen-bond acceptors (Lipinski definition) is 5. The monoisotopic (exact) mass is 208 g/mol. The van der Waals surface area contributed by atoms with Gasteiger partial charge in [-0.1, -0.05) is 19.3 Å². The molecule has 1 saturated carbocycles. The van der Waals surface area contributed by atoms with Crippen molar-refractivity contribution in [2.75, 3.05) is 12.0 Å². The first kappa shape index (κ1) is 10.2. The van der Waals surface area contributed by atoms with Gasteiger partial charge >= 0.3 is 0 Å². The van der Waals surface area contributed by atoms with Crippen LogP contribution in [0, 0.1) is 5.92 Å². The first-order valence-electron chi connectivity index (χ1n) is 5.30. The highest BCUT2D eigenvalue weighted by Gasteiger charge is 2.16. The van der Waals surface area contributed by atoms with Gasteiger partial charge in [0, 0.05) is 0 Å². The number of hydrogen-bond donors (Lipinski definition) is 2. The predicted octanol–water partition coefficient (Wildman–Crippen LogP) is 1.33. The van der Waals surface area contributed by atoms with Gasteiger partial charge in [0.25, 0.3) is 0 Å². The standard InChI is InChI=1S/C10H16N4O/c11-14-9-6-12-7-10(13-9)15-5-4-8-2-1-3-8/h6-8H,1-5,11H2,(H,13,14). The second-order valence-electron chi connectivity index (χ2n) is 3.82. The lowest BCUT2D eigenvalue weighted by Crippen LogP contribution is -2.15. The van der Waals surface area contributed by atoms with E-state index in [0.29, 0.717) is 18.3 Å². The van der Waals surface area contributed by atoms with E-state index < -0.39 is 0 Å². The van der Waals surface area contributed by atoms with Crippen LogP contribution in [0.4, 0.5) is 5.82 Å². The van der Waals surface area contributed by atoms with E-state index in [1.54, 1.807) is 12.4 Å². The van der Waals surface area contributed by atoms with Crippen LogP contribution < -0.4 is 16.0 Å². The van der Waals surface area contributed by atoms with Gasteiger partial charge in [-0.05, 0) is 12.3 Å². The summed E-state index contributed by atoms with van der Waals surface area (Å²) in [6.45, 7) is 0.716. The average Bonchev–Trinajstić information content (AvgIpc) is 2.22. The molecule has 0 bridgehead atoms. The lowest BCUT2D eigenvalue weighted by atomic mass is 9.83. The zero-order valence-electron chi connectivity index (χ0n) is 8.65. The molecule has 15 heavy (non-hydrogen) atoms. The Morgan fingerprint density at radius 1 is 1.47 bits per heavy atom. The van der Waals surface area contributed by atoms with Crippen LogP contribution in [0.1, 0.15) is 25.7 Å². The molecule has 5 heteroatoms. The summed E-state index contributed by atoms with van der Waals surface area (Å²) < 4.78 is 5.49. The van der Waals surface area contributed by atoms with E-state index in [1.807, 2.05) is 0 Å². The molecule has 1 aliphatic rings. The number of anilines is 1. The van der Waals surface area contributed by atoms with Gasteiger partial charge in [-0.25, -0.2) is 5.84 Å². The lowest BCUT2D eigenvalue weighted by molar-refractivity contribution is 0.217. The third kappa shape index (κ3) is 2.79. The Kier molecular flexibility index (Phi) is 3.34. The summed E-state index contributed by atoms with van der Waals surface area (Å²) in [5.74, 6) is 7.13. The highest BCUT2D eigenvalue weighted by molar-refractivity contribution is 5.31. The molecule has 1 aliphatic carbocycles. The minimum Gasteiger partial charge on any atom is -0.477 e. The highest BCUT2D eigenvalue weighted by Crippen LogP contribution is 2.29. The fourth-order valence-electron chi connectivity index (χ4n) is 1.60. The van der Waals surface area contributed by atoms with Crippen LogP contribution in [-0.2, 0) is 0 Å². The molecule has 1 aromatic rings. The number of nitrogens with two attached hydrogens (primary N) is 1. The summed E-state index contributed by atoms with van der Waals surface area (Å²) >= 11 is 0. The molecule has 0 saturated heterocycles. The van der Waals surface area contributed by atoms with Crippen molar-refractivity contribution < 1.29 is 4.74 Å². The Morgan fingerprint density at radius 2 is 2.33 bits per heavy atom. The molecule has 0 spiro atoms. The van der Waals surface area contributed by atoms with Crippen molar-refractivity contribution in [1.29, 1.82) is 0 Å². The summed E-state index contributed by atoms with van der Waals surface area (Å²) in [5, 5.41) is 0. The average molecular weight is 208 g/mol. The fraction of sp³-hybridized carbons (Fsp3) is 0.600. The molecule has 0 unspecified atom stereocenters. The van der Waals surface area contributed by atoms with E-state index in [4.69, 9.17) is 10.6 Å². The summed E-state index contributed by atoms with van der Waals surface area (Å²) in [5.41, 5.74) is 2.44. The van der Waals surface area contributed by atoms with Crippen molar-refractivity contribution in [1.82, 2.24) is 9.97 Å². The maximum atomic E-state index is 5.49. The summed E-state index contributed by atoms with van der Waals surface area (Å²) in [4.78, 5) is 8.07. The van der Waals surface area contributed by atoms with Crippen LogP contribution in [-0.4, -0.2) is 16.6 Å². The summed E-state index contributed by atoms with van der Waals surface area (Å²) in [7, 11) is 0. The molecule has 1 fully saturated rings. The third-order valence-corrected chi connectivity index (χ3v) is 2.76. The van der Waals surface area contributed by atoms with Crippen LogP contribution in [0.5, 0.6) is 5.88 Å². The molecule has 82 valence electrons. The van der Waals surface area contributed by atoms with E-state index in [2.05, 4.69) is 15.4 Å². The number of nitrogens with zero attached hydrogens (tertiary/aromatic N) is 2. The number of nitrogen functional groups attached to an aromatic ring is 1. The van der Waals surface area contributed by atoms with E-state index >= 15 is 0 Å². The second kappa shape index (κ2) is 4.93. The quantitative estimate of drug-likeness (QED) is 0.564. The Morgan fingerprint density at radius 3 is 3.00 bits per heavy atom. The zero-order chi connectivity index (χ0) is 10.5. The predicted molar refractivity (Wildman–Crippen MR) is 57.3 cm³/mol. The van der Waals surface area contributed by atoms with Gasteiger partial charge in [-0.3, -0.25) is 4.98 Å². The SMILES string of the molecule is NNc1cncc(OCCC2CCC2)n1. The van der Waals surface area contributed by atoms with Crippen LogP contribution >= 0.6 is 0 Å². The topological polar surface area (TPSA) is 73.1 Å². The summed E-state index contributed by atoms with van der Waals surface area (Å²) in [6.07, 6.45) is 8.33. The van der Waals surface area contributed by atoms with E-state index in [-0.39, 0.29) is 0 Å². The largest absolute Gasteiger partial charge is 0.477 e. The van der Waals surface area contributed by atoms with Crippen LogP contribution in [0.2, 0.25) is 0 Å². The fourth-order valence-corrected chi connectivity index (χ4v) is 1.60. The molecule has 1 heterocycles. The molecule has 0 aliphatic heterocycles. The van der Waals surface area contributed by atoms with Crippen molar-refractivity contribution in [2.24, 2.45) is 11.8 Å². The van der Waals surface area contributed by atoms with Crippen LogP contribution in [0.25, 0.3) is 0 Å². The molecule has 0 radical (unpaired) electrons.